The Kier molecular flexibility index (Phi) is 8.28. The van der Waals surface area contributed by atoms with Crippen LogP contribution in [0, 0.1) is 5.82 Å². The van der Waals surface area contributed by atoms with Crippen molar-refractivity contribution in [2.75, 3.05) is 20.2 Å². The van der Waals surface area contributed by atoms with E-state index >= 15 is 0 Å². The Balaban J connectivity index is 1.55. The number of carbonyl (C=O) groups is 2. The van der Waals surface area contributed by atoms with Crippen LogP contribution in [0.25, 0.3) is 0 Å². The van der Waals surface area contributed by atoms with Gasteiger partial charge in [-0.3, -0.25) is 14.4 Å². The third-order valence-electron chi connectivity index (χ3n) is 6.19. The first-order valence-electron chi connectivity index (χ1n) is 12.1. The molecule has 0 radical (unpaired) electrons. The number of amides is 2. The molecule has 2 aromatic carbocycles. The number of carbonyl (C=O) groups excluding carboxylic acids is 2. The summed E-state index contributed by atoms with van der Waals surface area (Å²) < 4.78 is 20.8. The normalized spacial score (nSPS) is 15.0. The van der Waals surface area contributed by atoms with Crippen LogP contribution >= 0.6 is 0 Å². The summed E-state index contributed by atoms with van der Waals surface area (Å²) in [7, 11) is 1.63. The average Bonchev–Trinajstić information content (AvgIpc) is 3.38. The summed E-state index contributed by atoms with van der Waals surface area (Å²) in [4.78, 5) is 41.0. The molecule has 1 aliphatic rings. The Hall–Kier alpha value is -3.78. The van der Waals surface area contributed by atoms with E-state index in [9.17, 15) is 18.8 Å². The number of nitrogens with zero attached hydrogens (tertiary/aromatic N) is 2. The van der Waals surface area contributed by atoms with Gasteiger partial charge in [-0.25, -0.2) is 4.39 Å². The minimum Gasteiger partial charge on any atom is -0.376 e. The predicted octanol–water partition coefficient (Wildman–Crippen LogP) is 3.41. The van der Waals surface area contributed by atoms with Crippen LogP contribution in [0.4, 0.5) is 4.39 Å². The molecule has 1 aromatic heterocycles. The van der Waals surface area contributed by atoms with E-state index < -0.39 is 17.2 Å². The number of pyridine rings is 1. The second-order valence-electron chi connectivity index (χ2n) is 9.03. The van der Waals surface area contributed by atoms with Gasteiger partial charge in [-0.05, 0) is 42.5 Å². The lowest BCUT2D eigenvalue weighted by Gasteiger charge is -2.19. The molecule has 1 saturated heterocycles. The van der Waals surface area contributed by atoms with Crippen LogP contribution in [-0.2, 0) is 24.2 Å². The molecular weight excluding hydrogens is 461 g/mol. The smallest absolute Gasteiger partial charge is 0.259 e. The van der Waals surface area contributed by atoms with Crippen LogP contribution in [0.5, 0.6) is 0 Å². The van der Waals surface area contributed by atoms with E-state index in [-0.39, 0.29) is 29.6 Å². The van der Waals surface area contributed by atoms with Crippen LogP contribution in [0.15, 0.2) is 71.8 Å². The molecule has 1 fully saturated rings. The quantitative estimate of drug-likeness (QED) is 0.498. The van der Waals surface area contributed by atoms with Gasteiger partial charge >= 0.3 is 0 Å². The Morgan fingerprint density at radius 3 is 2.56 bits per heavy atom. The Morgan fingerprint density at radius 2 is 1.83 bits per heavy atom. The van der Waals surface area contributed by atoms with Crippen molar-refractivity contribution in [1.82, 2.24) is 14.8 Å². The van der Waals surface area contributed by atoms with Gasteiger partial charge < -0.3 is 19.5 Å². The molecule has 1 aliphatic heterocycles. The fourth-order valence-corrected chi connectivity index (χ4v) is 4.32. The summed E-state index contributed by atoms with van der Waals surface area (Å²) in [5.74, 6) is -1.38. The summed E-state index contributed by atoms with van der Waals surface area (Å²) in [6.45, 7) is 1.66. The zero-order valence-corrected chi connectivity index (χ0v) is 20.3. The molecule has 2 heterocycles. The molecule has 0 saturated carbocycles. The number of benzene rings is 2. The highest BCUT2D eigenvalue weighted by Gasteiger charge is 2.23. The van der Waals surface area contributed by atoms with Gasteiger partial charge in [0, 0.05) is 45.7 Å². The van der Waals surface area contributed by atoms with Crippen molar-refractivity contribution in [1.29, 1.82) is 0 Å². The molecule has 2 amide bonds. The van der Waals surface area contributed by atoms with Gasteiger partial charge in [-0.15, -0.1) is 0 Å². The standard InChI is InChI=1S/C28H30FN3O4/c1-31(16-21-7-3-2-4-8-21)28(35)25-19-32(17-23-11-6-14-36-23)18-24(26(25)33)27(34)30-13-12-20-9-5-10-22(29)15-20/h2-5,7-10,15,18-19,23H,6,11-14,16-17H2,1H3,(H,30,34). The molecular formula is C28H30FN3O4. The van der Waals surface area contributed by atoms with Gasteiger partial charge in [0.05, 0.1) is 6.10 Å². The lowest BCUT2D eigenvalue weighted by Crippen LogP contribution is -2.37. The van der Waals surface area contributed by atoms with Crippen molar-refractivity contribution in [2.24, 2.45) is 0 Å². The highest BCUT2D eigenvalue weighted by atomic mass is 19.1. The number of ether oxygens (including phenoxy) is 1. The van der Waals surface area contributed by atoms with Crippen LogP contribution in [0.1, 0.15) is 44.7 Å². The molecule has 4 rings (SSSR count). The van der Waals surface area contributed by atoms with E-state index in [1.165, 1.54) is 29.4 Å². The topological polar surface area (TPSA) is 80.6 Å². The van der Waals surface area contributed by atoms with E-state index in [0.29, 0.717) is 26.1 Å². The Labute approximate surface area is 209 Å². The fourth-order valence-electron chi connectivity index (χ4n) is 4.32. The largest absolute Gasteiger partial charge is 0.376 e. The minimum absolute atomic E-state index is 0.0404. The van der Waals surface area contributed by atoms with E-state index in [4.69, 9.17) is 4.74 Å². The predicted molar refractivity (Wildman–Crippen MR) is 134 cm³/mol. The zero-order chi connectivity index (χ0) is 25.5. The molecule has 0 spiro atoms. The third kappa shape index (κ3) is 6.46. The lowest BCUT2D eigenvalue weighted by molar-refractivity contribution is 0.0779. The van der Waals surface area contributed by atoms with Crippen molar-refractivity contribution in [3.05, 3.63) is 105 Å². The van der Waals surface area contributed by atoms with Gasteiger partial charge in [-0.2, -0.15) is 0 Å². The minimum atomic E-state index is -0.619. The van der Waals surface area contributed by atoms with Crippen LogP contribution in [0.2, 0.25) is 0 Å². The Bertz CT molecular complexity index is 1270. The molecule has 1 atom stereocenters. The Morgan fingerprint density at radius 1 is 1.08 bits per heavy atom. The van der Waals surface area contributed by atoms with Gasteiger partial charge in [-0.1, -0.05) is 42.5 Å². The molecule has 0 bridgehead atoms. The SMILES string of the molecule is CN(Cc1ccccc1)C(=O)c1cn(CC2CCCO2)cc(C(=O)NCCc2cccc(F)c2)c1=O. The van der Waals surface area contributed by atoms with Crippen LogP contribution in [0.3, 0.4) is 0 Å². The molecule has 7 nitrogen and oxygen atoms in total. The maximum absolute atomic E-state index is 13.4. The zero-order valence-electron chi connectivity index (χ0n) is 20.3. The van der Waals surface area contributed by atoms with E-state index in [0.717, 1.165) is 24.0 Å². The van der Waals surface area contributed by atoms with Crippen LogP contribution < -0.4 is 10.7 Å². The summed E-state index contributed by atoms with van der Waals surface area (Å²) in [5, 5.41) is 2.73. The average molecular weight is 492 g/mol. The second-order valence-corrected chi connectivity index (χ2v) is 9.03. The first-order valence-corrected chi connectivity index (χ1v) is 12.1. The number of halogens is 1. The van der Waals surface area contributed by atoms with Crippen LogP contribution in [-0.4, -0.2) is 47.6 Å². The van der Waals surface area contributed by atoms with Crippen molar-refractivity contribution in [2.45, 2.75) is 38.5 Å². The molecule has 3 aromatic rings. The van der Waals surface area contributed by atoms with E-state index in [2.05, 4.69) is 5.32 Å². The first-order chi connectivity index (χ1) is 17.4. The molecule has 1 unspecified atom stereocenters. The van der Waals surface area contributed by atoms with Crippen molar-refractivity contribution in [3.8, 4) is 0 Å². The number of nitrogens with one attached hydrogen (secondary N) is 1. The first kappa shape index (κ1) is 25.3. The molecule has 0 aliphatic carbocycles. The van der Waals surface area contributed by atoms with E-state index in [1.54, 1.807) is 23.7 Å². The lowest BCUT2D eigenvalue weighted by atomic mass is 10.1. The van der Waals surface area contributed by atoms with Gasteiger partial charge in [0.15, 0.2) is 0 Å². The highest BCUT2D eigenvalue weighted by molar-refractivity contribution is 5.99. The highest BCUT2D eigenvalue weighted by Crippen LogP contribution is 2.15. The molecule has 1 N–H and O–H groups in total. The monoisotopic (exact) mass is 491 g/mol. The molecule has 188 valence electrons. The summed E-state index contributed by atoms with van der Waals surface area (Å²) in [6, 6.07) is 15.6. The van der Waals surface area contributed by atoms with Gasteiger partial charge in [0.1, 0.15) is 16.9 Å². The van der Waals surface area contributed by atoms with Crippen molar-refractivity contribution < 1.29 is 18.7 Å². The molecule has 8 heteroatoms. The maximum atomic E-state index is 13.4. The summed E-state index contributed by atoms with van der Waals surface area (Å²) in [5.41, 5.74) is 0.874. The van der Waals surface area contributed by atoms with E-state index in [1.807, 2.05) is 30.3 Å². The third-order valence-corrected chi connectivity index (χ3v) is 6.19. The number of aromatic nitrogens is 1. The number of rotatable bonds is 9. The fraction of sp³-hybridized carbons (Fsp3) is 0.321. The van der Waals surface area contributed by atoms with Gasteiger partial charge in [0.2, 0.25) is 5.43 Å². The number of hydrogen-bond acceptors (Lipinski definition) is 4. The van der Waals surface area contributed by atoms with Gasteiger partial charge in [0.25, 0.3) is 11.8 Å². The summed E-state index contributed by atoms with van der Waals surface area (Å²) >= 11 is 0. The van der Waals surface area contributed by atoms with Crippen molar-refractivity contribution >= 4 is 11.8 Å². The maximum Gasteiger partial charge on any atom is 0.259 e. The summed E-state index contributed by atoms with van der Waals surface area (Å²) in [6.07, 6.45) is 5.18. The number of hydrogen-bond donors (Lipinski definition) is 1. The van der Waals surface area contributed by atoms with Crippen molar-refractivity contribution in [3.63, 3.8) is 0 Å². The molecule has 36 heavy (non-hydrogen) atoms. The second kappa shape index (κ2) is 11.8.